The molecule has 11 heavy (non-hydrogen) atoms. The Morgan fingerprint density at radius 1 is 1.45 bits per heavy atom. The standard InChI is InChI=1S/C9H14O2/c1-3-5-6-7-9(10)11-8-4-2/h3,5-7H2,1-2H3. The fraction of sp³-hybridized carbons (Fsp3) is 0.667. The molecule has 0 aromatic carbocycles. The van der Waals surface area contributed by atoms with E-state index in [0.717, 1.165) is 19.3 Å². The Balaban J connectivity index is 3.27. The minimum absolute atomic E-state index is 0.215. The highest BCUT2D eigenvalue weighted by Crippen LogP contribution is 1.99. The smallest absolute Gasteiger partial charge is 0.319 e. The number of rotatable bonds is 4. The Bertz CT molecular complexity index is 162. The largest absolute Gasteiger partial charge is 0.372 e. The molecule has 0 fully saturated rings. The van der Waals surface area contributed by atoms with Crippen LogP contribution in [0.3, 0.4) is 0 Å². The van der Waals surface area contributed by atoms with Gasteiger partial charge < -0.3 is 4.74 Å². The molecular formula is C9H14O2. The molecule has 0 aromatic heterocycles. The van der Waals surface area contributed by atoms with E-state index < -0.39 is 0 Å². The van der Waals surface area contributed by atoms with Crippen LogP contribution in [0.25, 0.3) is 0 Å². The molecule has 0 aliphatic rings. The van der Waals surface area contributed by atoms with Gasteiger partial charge in [-0.2, -0.15) is 0 Å². The quantitative estimate of drug-likeness (QED) is 0.352. The molecule has 0 rings (SSSR count). The van der Waals surface area contributed by atoms with Crippen molar-refractivity contribution in [2.24, 2.45) is 0 Å². The molecule has 2 heteroatoms. The first kappa shape index (κ1) is 10.0. The van der Waals surface area contributed by atoms with Gasteiger partial charge in [0.15, 0.2) is 0 Å². The van der Waals surface area contributed by atoms with Crippen molar-refractivity contribution in [3.05, 3.63) is 0 Å². The summed E-state index contributed by atoms with van der Waals surface area (Å²) in [6, 6.07) is 0. The highest BCUT2D eigenvalue weighted by atomic mass is 16.5. The van der Waals surface area contributed by atoms with Gasteiger partial charge in [0.25, 0.3) is 0 Å². The van der Waals surface area contributed by atoms with E-state index in [2.05, 4.69) is 23.7 Å². The molecular weight excluding hydrogens is 140 g/mol. The number of ether oxygens (including phenoxy) is 1. The van der Waals surface area contributed by atoms with Gasteiger partial charge in [-0.25, -0.2) is 0 Å². The predicted octanol–water partition coefficient (Wildman–Crippen LogP) is 2.09. The lowest BCUT2D eigenvalue weighted by atomic mass is 10.2. The SMILES string of the molecule is CC#COC(=O)CCCCC. The van der Waals surface area contributed by atoms with E-state index in [4.69, 9.17) is 0 Å². The summed E-state index contributed by atoms with van der Waals surface area (Å²) in [5.74, 6) is 2.28. The maximum atomic E-state index is 10.8. The minimum atomic E-state index is -0.215. The minimum Gasteiger partial charge on any atom is -0.372 e. The lowest BCUT2D eigenvalue weighted by molar-refractivity contribution is -0.136. The molecule has 0 aliphatic heterocycles. The molecule has 0 N–H and O–H groups in total. The van der Waals surface area contributed by atoms with E-state index in [1.54, 1.807) is 6.92 Å². The molecule has 0 saturated carbocycles. The Hall–Kier alpha value is -0.970. The van der Waals surface area contributed by atoms with Crippen LogP contribution in [0.5, 0.6) is 0 Å². The van der Waals surface area contributed by atoms with Crippen molar-refractivity contribution in [3.8, 4) is 12.0 Å². The molecule has 0 aliphatic carbocycles. The summed E-state index contributed by atoms with van der Waals surface area (Å²) in [7, 11) is 0. The second kappa shape index (κ2) is 7.14. The Kier molecular flexibility index (Phi) is 6.51. The molecule has 0 amide bonds. The zero-order valence-corrected chi connectivity index (χ0v) is 7.14. The van der Waals surface area contributed by atoms with Gasteiger partial charge in [-0.3, -0.25) is 4.79 Å². The van der Waals surface area contributed by atoms with Crippen LogP contribution < -0.4 is 0 Å². The lowest BCUT2D eigenvalue weighted by Crippen LogP contribution is -1.98. The van der Waals surface area contributed by atoms with Gasteiger partial charge in [0.05, 0.1) is 0 Å². The fourth-order valence-corrected chi connectivity index (χ4v) is 0.678. The molecule has 0 radical (unpaired) electrons. The number of hydrogen-bond donors (Lipinski definition) is 0. The number of carbonyl (C=O) groups excluding carboxylic acids is 1. The maximum absolute atomic E-state index is 10.8. The van der Waals surface area contributed by atoms with Crippen molar-refractivity contribution in [1.29, 1.82) is 0 Å². The van der Waals surface area contributed by atoms with Crippen molar-refractivity contribution < 1.29 is 9.53 Å². The van der Waals surface area contributed by atoms with Gasteiger partial charge in [0.2, 0.25) is 0 Å². The Labute approximate surface area is 67.9 Å². The van der Waals surface area contributed by atoms with E-state index in [1.165, 1.54) is 0 Å². The Morgan fingerprint density at radius 3 is 2.73 bits per heavy atom. The summed E-state index contributed by atoms with van der Waals surface area (Å²) in [6.07, 6.45) is 5.86. The predicted molar refractivity (Wildman–Crippen MR) is 43.7 cm³/mol. The molecule has 0 aromatic rings. The molecule has 62 valence electrons. The third-order valence-corrected chi connectivity index (χ3v) is 1.25. The third-order valence-electron chi connectivity index (χ3n) is 1.25. The summed E-state index contributed by atoms with van der Waals surface area (Å²) in [6.45, 7) is 3.73. The zero-order chi connectivity index (χ0) is 8.53. The topological polar surface area (TPSA) is 26.3 Å². The van der Waals surface area contributed by atoms with E-state index in [0.29, 0.717) is 6.42 Å². The van der Waals surface area contributed by atoms with Crippen molar-refractivity contribution >= 4 is 5.97 Å². The van der Waals surface area contributed by atoms with E-state index in [9.17, 15) is 4.79 Å². The first-order valence-electron chi connectivity index (χ1n) is 3.92. The number of hydrogen-bond acceptors (Lipinski definition) is 2. The second-order valence-corrected chi connectivity index (χ2v) is 2.28. The van der Waals surface area contributed by atoms with Crippen LogP contribution in [0.15, 0.2) is 0 Å². The second-order valence-electron chi connectivity index (χ2n) is 2.28. The van der Waals surface area contributed by atoms with Crippen molar-refractivity contribution in [2.75, 3.05) is 0 Å². The average molecular weight is 154 g/mol. The summed E-state index contributed by atoms with van der Waals surface area (Å²) >= 11 is 0. The van der Waals surface area contributed by atoms with Gasteiger partial charge in [0.1, 0.15) is 6.11 Å². The van der Waals surface area contributed by atoms with Crippen molar-refractivity contribution in [2.45, 2.75) is 39.5 Å². The highest BCUT2D eigenvalue weighted by molar-refractivity contribution is 5.70. The molecule has 0 unspecified atom stereocenters. The average Bonchev–Trinajstić information content (AvgIpc) is 2.01. The van der Waals surface area contributed by atoms with Gasteiger partial charge in [0, 0.05) is 13.3 Å². The molecule has 0 spiro atoms. The third kappa shape index (κ3) is 6.92. The summed E-state index contributed by atoms with van der Waals surface area (Å²) < 4.78 is 4.54. The monoisotopic (exact) mass is 154 g/mol. The van der Waals surface area contributed by atoms with Crippen LogP contribution in [0.4, 0.5) is 0 Å². The van der Waals surface area contributed by atoms with Crippen LogP contribution in [0, 0.1) is 12.0 Å². The van der Waals surface area contributed by atoms with Crippen LogP contribution >= 0.6 is 0 Å². The number of carbonyl (C=O) groups is 1. The van der Waals surface area contributed by atoms with E-state index >= 15 is 0 Å². The van der Waals surface area contributed by atoms with Gasteiger partial charge >= 0.3 is 5.97 Å². The highest BCUT2D eigenvalue weighted by Gasteiger charge is 1.98. The van der Waals surface area contributed by atoms with Crippen LogP contribution in [0.1, 0.15) is 39.5 Å². The molecule has 0 atom stereocenters. The summed E-state index contributed by atoms with van der Waals surface area (Å²) in [4.78, 5) is 10.8. The first-order valence-corrected chi connectivity index (χ1v) is 3.92. The molecule has 0 saturated heterocycles. The zero-order valence-electron chi connectivity index (χ0n) is 7.14. The van der Waals surface area contributed by atoms with Gasteiger partial charge in [-0.15, -0.1) is 0 Å². The molecule has 0 heterocycles. The lowest BCUT2D eigenvalue weighted by Gasteiger charge is -1.94. The number of unbranched alkanes of at least 4 members (excludes halogenated alkanes) is 2. The van der Waals surface area contributed by atoms with Crippen LogP contribution in [-0.4, -0.2) is 5.97 Å². The van der Waals surface area contributed by atoms with Gasteiger partial charge in [-0.05, 0) is 6.42 Å². The normalized spacial score (nSPS) is 8.18. The Morgan fingerprint density at radius 2 is 2.18 bits per heavy atom. The van der Waals surface area contributed by atoms with Crippen molar-refractivity contribution in [3.63, 3.8) is 0 Å². The van der Waals surface area contributed by atoms with Crippen molar-refractivity contribution in [1.82, 2.24) is 0 Å². The van der Waals surface area contributed by atoms with Gasteiger partial charge in [-0.1, -0.05) is 25.7 Å². The molecule has 0 bridgehead atoms. The molecule has 2 nitrogen and oxygen atoms in total. The summed E-state index contributed by atoms with van der Waals surface area (Å²) in [5, 5.41) is 0. The van der Waals surface area contributed by atoms with E-state index in [1.807, 2.05) is 0 Å². The van der Waals surface area contributed by atoms with Crippen LogP contribution in [0.2, 0.25) is 0 Å². The van der Waals surface area contributed by atoms with E-state index in [-0.39, 0.29) is 5.97 Å². The summed E-state index contributed by atoms with van der Waals surface area (Å²) in [5.41, 5.74) is 0. The first-order chi connectivity index (χ1) is 5.31. The number of esters is 1. The fourth-order valence-electron chi connectivity index (χ4n) is 0.678. The maximum Gasteiger partial charge on any atom is 0.319 e. The van der Waals surface area contributed by atoms with Crippen LogP contribution in [-0.2, 0) is 9.53 Å².